The molecular weight excluding hydrogens is 361 g/mol. The van der Waals surface area contributed by atoms with Gasteiger partial charge < -0.3 is 10.2 Å². The van der Waals surface area contributed by atoms with Crippen molar-refractivity contribution in [2.45, 2.75) is 13.5 Å². The molecule has 1 fully saturated rings. The Morgan fingerprint density at radius 1 is 1.32 bits per heavy atom. The average molecular weight is 382 g/mol. The number of hydrogen-bond donors (Lipinski definition) is 1. The van der Waals surface area contributed by atoms with Crippen molar-refractivity contribution in [3.05, 3.63) is 46.5 Å². The number of piperazine rings is 1. The number of rotatable bonds is 3. The van der Waals surface area contributed by atoms with Gasteiger partial charge in [-0.2, -0.15) is 5.10 Å². The van der Waals surface area contributed by atoms with Gasteiger partial charge in [0.05, 0.1) is 10.7 Å². The van der Waals surface area contributed by atoms with Crippen LogP contribution in [0.3, 0.4) is 0 Å². The van der Waals surface area contributed by atoms with Crippen LogP contribution in [-0.4, -0.2) is 50.9 Å². The van der Waals surface area contributed by atoms with Gasteiger partial charge in [-0.15, -0.1) is 0 Å². The second kappa shape index (κ2) is 7.68. The highest BCUT2D eigenvalue weighted by Crippen LogP contribution is 2.20. The molecule has 134 valence electrons. The third kappa shape index (κ3) is 4.48. The van der Waals surface area contributed by atoms with E-state index in [1.54, 1.807) is 12.1 Å². The highest BCUT2D eigenvalue weighted by atomic mass is 35.5. The van der Waals surface area contributed by atoms with Gasteiger partial charge in [0.25, 0.3) is 0 Å². The van der Waals surface area contributed by atoms with Crippen molar-refractivity contribution in [3.63, 3.8) is 0 Å². The number of nitrogens with zero attached hydrogens (tertiary/aromatic N) is 4. The third-order valence-electron chi connectivity index (χ3n) is 4.34. The summed E-state index contributed by atoms with van der Waals surface area (Å²) < 4.78 is 15.1. The van der Waals surface area contributed by atoms with E-state index >= 15 is 0 Å². The van der Waals surface area contributed by atoms with E-state index in [9.17, 15) is 4.39 Å². The minimum absolute atomic E-state index is 0.0875. The molecule has 1 N–H and O–H groups in total. The Labute approximate surface area is 157 Å². The minimum Gasteiger partial charge on any atom is -0.346 e. The second-order valence-corrected chi connectivity index (χ2v) is 7.03. The second-order valence-electron chi connectivity index (χ2n) is 6.24. The fourth-order valence-electron chi connectivity index (χ4n) is 2.93. The summed E-state index contributed by atoms with van der Waals surface area (Å²) in [4.78, 5) is 4.52. The molecule has 8 heteroatoms. The number of benzene rings is 1. The number of nitrogens with one attached hydrogen (secondary N) is 1. The third-order valence-corrected chi connectivity index (χ3v) is 4.99. The Morgan fingerprint density at radius 2 is 2.04 bits per heavy atom. The molecule has 0 spiro atoms. The number of halogens is 2. The highest BCUT2D eigenvalue weighted by molar-refractivity contribution is 7.80. The van der Waals surface area contributed by atoms with Gasteiger partial charge in [-0.3, -0.25) is 9.58 Å². The zero-order valence-corrected chi connectivity index (χ0v) is 15.9. The van der Waals surface area contributed by atoms with E-state index in [1.165, 1.54) is 11.6 Å². The summed E-state index contributed by atoms with van der Waals surface area (Å²) in [5.41, 5.74) is 3.04. The molecule has 2 heterocycles. The van der Waals surface area contributed by atoms with Crippen LogP contribution >= 0.6 is 23.8 Å². The molecule has 0 bridgehead atoms. The van der Waals surface area contributed by atoms with Crippen LogP contribution in [0.4, 0.5) is 10.1 Å². The van der Waals surface area contributed by atoms with Crippen LogP contribution < -0.4 is 5.32 Å². The molecule has 1 aromatic heterocycles. The van der Waals surface area contributed by atoms with Crippen molar-refractivity contribution in [2.24, 2.45) is 7.05 Å². The van der Waals surface area contributed by atoms with Crippen molar-refractivity contribution in [1.82, 2.24) is 19.6 Å². The fourth-order valence-corrected chi connectivity index (χ4v) is 3.41. The molecule has 2 aromatic rings. The van der Waals surface area contributed by atoms with E-state index in [2.05, 4.69) is 26.4 Å². The maximum absolute atomic E-state index is 13.2. The lowest BCUT2D eigenvalue weighted by atomic mass is 10.2. The lowest BCUT2D eigenvalue weighted by Gasteiger charge is -2.36. The first-order chi connectivity index (χ1) is 11.9. The Balaban J connectivity index is 1.52. The molecule has 25 heavy (non-hydrogen) atoms. The molecular formula is C17H21ClFN5S. The van der Waals surface area contributed by atoms with Crippen LogP contribution in [0.2, 0.25) is 5.02 Å². The lowest BCUT2D eigenvalue weighted by molar-refractivity contribution is 0.176. The summed E-state index contributed by atoms with van der Waals surface area (Å²) in [6.07, 6.45) is 2.08. The van der Waals surface area contributed by atoms with Crippen molar-refractivity contribution < 1.29 is 4.39 Å². The van der Waals surface area contributed by atoms with Gasteiger partial charge in [-0.05, 0) is 37.3 Å². The van der Waals surface area contributed by atoms with E-state index in [4.69, 9.17) is 23.8 Å². The first-order valence-electron chi connectivity index (χ1n) is 8.15. The van der Waals surface area contributed by atoms with E-state index < -0.39 is 5.82 Å². The van der Waals surface area contributed by atoms with E-state index in [0.717, 1.165) is 38.4 Å². The first-order valence-corrected chi connectivity index (χ1v) is 8.93. The number of aryl methyl sites for hydroxylation is 2. The molecule has 1 aliphatic heterocycles. The predicted octanol–water partition coefficient (Wildman–Crippen LogP) is 3.04. The standard InChI is InChI=1S/C17H21ClFN5S/c1-12-13(10-22(2)21-12)11-23-5-7-24(8-6-23)17(25)20-14-3-4-16(19)15(18)9-14/h3-4,9-10H,5-8,11H2,1-2H3,(H,20,25). The molecule has 1 aromatic carbocycles. The summed E-state index contributed by atoms with van der Waals surface area (Å²) in [5.74, 6) is -0.433. The van der Waals surface area contributed by atoms with Gasteiger partial charge in [0.2, 0.25) is 0 Å². The van der Waals surface area contributed by atoms with Gasteiger partial charge >= 0.3 is 0 Å². The molecule has 0 aliphatic carbocycles. The molecule has 3 rings (SSSR count). The van der Waals surface area contributed by atoms with Crippen LogP contribution in [0, 0.1) is 12.7 Å². The largest absolute Gasteiger partial charge is 0.346 e. The SMILES string of the molecule is Cc1nn(C)cc1CN1CCN(C(=S)Nc2ccc(F)c(Cl)c2)CC1. The Morgan fingerprint density at radius 3 is 2.64 bits per heavy atom. The normalized spacial score (nSPS) is 15.4. The first kappa shape index (κ1) is 18.1. The summed E-state index contributed by atoms with van der Waals surface area (Å²) in [6.45, 7) is 6.50. The quantitative estimate of drug-likeness (QED) is 0.827. The van der Waals surface area contributed by atoms with E-state index in [-0.39, 0.29) is 5.02 Å². The van der Waals surface area contributed by atoms with Crippen molar-refractivity contribution in [1.29, 1.82) is 0 Å². The number of hydrogen-bond acceptors (Lipinski definition) is 3. The molecule has 0 unspecified atom stereocenters. The van der Waals surface area contributed by atoms with Gasteiger partial charge in [-0.1, -0.05) is 11.6 Å². The molecule has 0 atom stereocenters. The molecule has 1 aliphatic rings. The van der Waals surface area contributed by atoms with E-state index in [1.807, 2.05) is 18.7 Å². The van der Waals surface area contributed by atoms with Crippen LogP contribution in [-0.2, 0) is 13.6 Å². The monoisotopic (exact) mass is 381 g/mol. The van der Waals surface area contributed by atoms with Crippen molar-refractivity contribution >= 4 is 34.6 Å². The maximum atomic E-state index is 13.2. The minimum atomic E-state index is -0.433. The Kier molecular flexibility index (Phi) is 5.56. The van der Waals surface area contributed by atoms with E-state index in [0.29, 0.717) is 10.8 Å². The lowest BCUT2D eigenvalue weighted by Crippen LogP contribution is -2.49. The predicted molar refractivity (Wildman–Crippen MR) is 102 cm³/mol. The maximum Gasteiger partial charge on any atom is 0.173 e. The van der Waals surface area contributed by atoms with Crippen molar-refractivity contribution in [3.8, 4) is 0 Å². The summed E-state index contributed by atoms with van der Waals surface area (Å²) >= 11 is 11.3. The number of aromatic nitrogens is 2. The van der Waals surface area contributed by atoms with Crippen LogP contribution in [0.1, 0.15) is 11.3 Å². The molecule has 5 nitrogen and oxygen atoms in total. The van der Waals surface area contributed by atoms with Crippen LogP contribution in [0.15, 0.2) is 24.4 Å². The number of anilines is 1. The zero-order chi connectivity index (χ0) is 18.0. The fraction of sp³-hybridized carbons (Fsp3) is 0.412. The summed E-state index contributed by atoms with van der Waals surface area (Å²) in [7, 11) is 1.94. The van der Waals surface area contributed by atoms with Gasteiger partial charge in [0.15, 0.2) is 5.11 Å². The molecule has 0 amide bonds. The van der Waals surface area contributed by atoms with Gasteiger partial charge in [-0.25, -0.2) is 4.39 Å². The average Bonchev–Trinajstić information content (AvgIpc) is 2.89. The highest BCUT2D eigenvalue weighted by Gasteiger charge is 2.20. The van der Waals surface area contributed by atoms with Crippen LogP contribution in [0.25, 0.3) is 0 Å². The molecule has 0 radical (unpaired) electrons. The number of thiocarbonyl (C=S) groups is 1. The smallest absolute Gasteiger partial charge is 0.173 e. The van der Waals surface area contributed by atoms with Gasteiger partial charge in [0, 0.05) is 57.2 Å². The topological polar surface area (TPSA) is 36.3 Å². The Hall–Kier alpha value is -1.70. The molecule has 1 saturated heterocycles. The molecule has 0 saturated carbocycles. The summed E-state index contributed by atoms with van der Waals surface area (Å²) in [5, 5.41) is 8.25. The van der Waals surface area contributed by atoms with Gasteiger partial charge in [0.1, 0.15) is 5.82 Å². The zero-order valence-electron chi connectivity index (χ0n) is 14.3. The summed E-state index contributed by atoms with van der Waals surface area (Å²) in [6, 6.07) is 4.51. The van der Waals surface area contributed by atoms with Crippen LogP contribution in [0.5, 0.6) is 0 Å². The Bertz CT molecular complexity index is 770. The van der Waals surface area contributed by atoms with Crippen molar-refractivity contribution in [2.75, 3.05) is 31.5 Å².